The van der Waals surface area contributed by atoms with Crippen LogP contribution in [0.25, 0.3) is 10.8 Å². The molecule has 3 aromatic carbocycles. The van der Waals surface area contributed by atoms with E-state index in [1.165, 1.54) is 19.1 Å². The van der Waals surface area contributed by atoms with Crippen LogP contribution in [0.5, 0.6) is 0 Å². The first-order valence-corrected chi connectivity index (χ1v) is 15.0. The molecule has 0 unspecified atom stereocenters. The number of imide groups is 1. The number of carbonyl (C=O) groups excluding carboxylic acids is 3. The summed E-state index contributed by atoms with van der Waals surface area (Å²) in [6, 6.07) is 18.1. The minimum absolute atomic E-state index is 0.104. The average Bonchev–Trinajstić information content (AvgIpc) is 3.24. The molecule has 0 atom stereocenters. The lowest BCUT2D eigenvalue weighted by atomic mass is 10.0. The minimum Gasteiger partial charge on any atom is -0.322 e. The van der Waals surface area contributed by atoms with Gasteiger partial charge >= 0.3 is 12.2 Å². The highest BCUT2D eigenvalue weighted by Gasteiger charge is 2.39. The number of fused-ring (bicyclic) bond motifs is 1. The molecule has 0 aromatic heterocycles. The zero-order chi connectivity index (χ0) is 32.1. The molecule has 4 amide bonds. The Bertz CT molecular complexity index is 1690. The summed E-state index contributed by atoms with van der Waals surface area (Å²) in [5.41, 5.74) is -0.624. The van der Waals surface area contributed by atoms with Gasteiger partial charge in [0.1, 0.15) is 0 Å². The van der Waals surface area contributed by atoms with Crippen LogP contribution < -0.4 is 10.2 Å². The molecule has 0 bridgehead atoms. The minimum atomic E-state index is -4.79. The molecule has 234 valence electrons. The topological polar surface area (TPSA) is 96.8 Å². The van der Waals surface area contributed by atoms with E-state index in [0.29, 0.717) is 37.6 Å². The SMILES string of the molecule is CC1=C(CCCCCCN2CCN(C(=O)Nc3ccc4ccccc4c3)CC2)C(=O)N(c2ccc(C#N)c(C(F)(F)F)c2)C1=O. The summed E-state index contributed by atoms with van der Waals surface area (Å²) in [6.45, 7) is 5.27. The summed E-state index contributed by atoms with van der Waals surface area (Å²) in [7, 11) is 0. The normalized spacial score (nSPS) is 16.1. The Balaban J connectivity index is 1.02. The van der Waals surface area contributed by atoms with E-state index < -0.39 is 29.1 Å². The summed E-state index contributed by atoms with van der Waals surface area (Å²) in [6.07, 6.45) is -1.05. The molecule has 0 radical (unpaired) electrons. The quantitative estimate of drug-likeness (QED) is 0.212. The van der Waals surface area contributed by atoms with Crippen molar-refractivity contribution in [2.24, 2.45) is 0 Å². The van der Waals surface area contributed by atoms with Gasteiger partial charge in [-0.05, 0) is 73.8 Å². The highest BCUT2D eigenvalue weighted by atomic mass is 19.4. The van der Waals surface area contributed by atoms with E-state index >= 15 is 0 Å². The molecule has 5 rings (SSSR count). The Labute approximate surface area is 259 Å². The molecule has 0 aliphatic carbocycles. The fraction of sp³-hybridized carbons (Fsp3) is 0.353. The van der Waals surface area contributed by atoms with Crippen molar-refractivity contribution < 1.29 is 27.6 Å². The number of alkyl halides is 3. The maximum absolute atomic E-state index is 13.4. The predicted molar refractivity (Wildman–Crippen MR) is 165 cm³/mol. The van der Waals surface area contributed by atoms with Crippen LogP contribution in [0.4, 0.5) is 29.3 Å². The third-order valence-corrected chi connectivity index (χ3v) is 8.44. The van der Waals surface area contributed by atoms with Crippen molar-refractivity contribution >= 4 is 40.0 Å². The first kappa shape index (κ1) is 31.7. The molecular formula is C34H34F3N5O3. The number of nitrogens with one attached hydrogen (secondary N) is 1. The molecule has 1 N–H and O–H groups in total. The summed E-state index contributed by atoms with van der Waals surface area (Å²) in [4.78, 5) is 43.6. The van der Waals surface area contributed by atoms with Crippen molar-refractivity contribution in [1.29, 1.82) is 5.26 Å². The Morgan fingerprint density at radius 2 is 1.60 bits per heavy atom. The molecule has 0 saturated carbocycles. The third kappa shape index (κ3) is 7.18. The van der Waals surface area contributed by atoms with E-state index in [-0.39, 0.29) is 17.3 Å². The number of hydrogen-bond donors (Lipinski definition) is 1. The molecule has 2 heterocycles. The fourth-order valence-electron chi connectivity index (χ4n) is 5.85. The fourth-order valence-corrected chi connectivity index (χ4v) is 5.85. The van der Waals surface area contributed by atoms with Crippen molar-refractivity contribution in [2.45, 2.75) is 45.2 Å². The molecule has 0 spiro atoms. The lowest BCUT2D eigenvalue weighted by Crippen LogP contribution is -2.50. The van der Waals surface area contributed by atoms with E-state index in [0.717, 1.165) is 66.3 Å². The maximum atomic E-state index is 13.4. The smallest absolute Gasteiger partial charge is 0.322 e. The van der Waals surface area contributed by atoms with Gasteiger partial charge in [-0.1, -0.05) is 43.2 Å². The van der Waals surface area contributed by atoms with E-state index in [1.54, 1.807) is 0 Å². The van der Waals surface area contributed by atoms with Crippen LogP contribution >= 0.6 is 0 Å². The van der Waals surface area contributed by atoms with E-state index in [4.69, 9.17) is 5.26 Å². The third-order valence-electron chi connectivity index (χ3n) is 8.44. The first-order valence-electron chi connectivity index (χ1n) is 15.0. The second-order valence-corrected chi connectivity index (χ2v) is 11.4. The number of benzene rings is 3. The molecule has 1 fully saturated rings. The molecule has 45 heavy (non-hydrogen) atoms. The number of unbranched alkanes of at least 4 members (excludes halogenated alkanes) is 3. The Hall–Kier alpha value is -4.69. The van der Waals surface area contributed by atoms with Crippen LogP contribution in [0.3, 0.4) is 0 Å². The van der Waals surface area contributed by atoms with Crippen LogP contribution in [0, 0.1) is 11.3 Å². The Kier molecular flexibility index (Phi) is 9.54. The highest BCUT2D eigenvalue weighted by Crippen LogP contribution is 2.37. The number of urea groups is 1. The van der Waals surface area contributed by atoms with E-state index in [1.807, 2.05) is 47.4 Å². The first-order chi connectivity index (χ1) is 21.6. The lowest BCUT2D eigenvalue weighted by molar-refractivity contribution is -0.138. The van der Waals surface area contributed by atoms with Crippen molar-refractivity contribution in [3.63, 3.8) is 0 Å². The van der Waals surface area contributed by atoms with Crippen molar-refractivity contribution in [1.82, 2.24) is 9.80 Å². The zero-order valence-electron chi connectivity index (χ0n) is 25.0. The van der Waals surface area contributed by atoms with Gasteiger partial charge in [-0.15, -0.1) is 0 Å². The maximum Gasteiger partial charge on any atom is 0.417 e. The number of piperazine rings is 1. The molecule has 1 saturated heterocycles. The molecule has 2 aliphatic heterocycles. The number of anilines is 2. The zero-order valence-corrected chi connectivity index (χ0v) is 25.0. The van der Waals surface area contributed by atoms with Gasteiger partial charge in [0.25, 0.3) is 11.8 Å². The monoisotopic (exact) mass is 617 g/mol. The largest absolute Gasteiger partial charge is 0.417 e. The van der Waals surface area contributed by atoms with Gasteiger partial charge in [-0.25, -0.2) is 9.69 Å². The second kappa shape index (κ2) is 13.5. The second-order valence-electron chi connectivity index (χ2n) is 11.4. The van der Waals surface area contributed by atoms with Gasteiger partial charge in [0.2, 0.25) is 0 Å². The highest BCUT2D eigenvalue weighted by molar-refractivity contribution is 6.32. The standard InChI is InChI=1S/C34H34F3N5O3/c1-23-29(32(44)42(31(23)43)28-14-12-26(22-38)30(21-28)34(35,36)37)10-4-2-3-7-15-40-16-18-41(19-17-40)33(45)39-27-13-11-24-8-5-6-9-25(24)20-27/h5-6,8-9,11-14,20-21H,2-4,7,10,15-19H2,1H3,(H,39,45). The number of rotatable bonds is 9. The van der Waals surface area contributed by atoms with Crippen molar-refractivity contribution in [2.75, 3.05) is 42.9 Å². The van der Waals surface area contributed by atoms with Gasteiger partial charge in [0.05, 0.1) is 22.9 Å². The summed E-state index contributed by atoms with van der Waals surface area (Å²) < 4.78 is 40.3. The van der Waals surface area contributed by atoms with Gasteiger partial charge in [0.15, 0.2) is 0 Å². The number of nitriles is 1. The van der Waals surface area contributed by atoms with Crippen molar-refractivity contribution in [3.05, 3.63) is 82.9 Å². The molecule has 8 nitrogen and oxygen atoms in total. The predicted octanol–water partition coefficient (Wildman–Crippen LogP) is 6.72. The number of nitrogens with zero attached hydrogens (tertiary/aromatic N) is 4. The number of hydrogen-bond acceptors (Lipinski definition) is 5. The summed E-state index contributed by atoms with van der Waals surface area (Å²) >= 11 is 0. The van der Waals surface area contributed by atoms with E-state index in [9.17, 15) is 27.6 Å². The molecular weight excluding hydrogens is 583 g/mol. The number of carbonyl (C=O) groups is 3. The molecule has 3 aromatic rings. The van der Waals surface area contributed by atoms with Crippen LogP contribution in [0.2, 0.25) is 0 Å². The van der Waals surface area contributed by atoms with Gasteiger partial charge < -0.3 is 10.2 Å². The average molecular weight is 618 g/mol. The summed E-state index contributed by atoms with van der Waals surface area (Å²) in [5.74, 6) is -1.25. The van der Waals surface area contributed by atoms with Crippen LogP contribution in [-0.2, 0) is 15.8 Å². The Morgan fingerprint density at radius 1 is 0.889 bits per heavy atom. The van der Waals surface area contributed by atoms with Gasteiger partial charge in [0, 0.05) is 43.0 Å². The summed E-state index contributed by atoms with van der Waals surface area (Å²) in [5, 5.41) is 14.2. The van der Waals surface area contributed by atoms with E-state index in [2.05, 4.69) is 10.2 Å². The van der Waals surface area contributed by atoms with Crippen LogP contribution in [-0.4, -0.2) is 60.4 Å². The molecule has 11 heteroatoms. The Morgan fingerprint density at radius 3 is 2.31 bits per heavy atom. The van der Waals surface area contributed by atoms with Gasteiger partial charge in [-0.2, -0.15) is 18.4 Å². The van der Waals surface area contributed by atoms with Gasteiger partial charge in [-0.3, -0.25) is 14.5 Å². The van der Waals surface area contributed by atoms with Crippen molar-refractivity contribution in [3.8, 4) is 6.07 Å². The lowest BCUT2D eigenvalue weighted by Gasteiger charge is -2.34. The number of halogens is 3. The van der Waals surface area contributed by atoms with Crippen LogP contribution in [0.15, 0.2) is 71.8 Å². The molecule has 2 aliphatic rings. The number of amides is 4. The van der Waals surface area contributed by atoms with Crippen LogP contribution in [0.1, 0.15) is 50.2 Å².